The Bertz CT molecular complexity index is 1720. The Labute approximate surface area is 471 Å². The number of hydrogen-bond acceptors (Lipinski definition) is 8. The van der Waals surface area contributed by atoms with Crippen molar-refractivity contribution in [2.24, 2.45) is 0 Å². The number of ether oxygens (including phenoxy) is 4. The molecule has 0 aliphatic rings. The summed E-state index contributed by atoms with van der Waals surface area (Å²) < 4.78 is 22.7. The number of carboxylic acids is 1. The van der Waals surface area contributed by atoms with Gasteiger partial charge in [-0.15, -0.1) is 0 Å². The van der Waals surface area contributed by atoms with Gasteiger partial charge in [-0.3, -0.25) is 9.59 Å². The molecule has 0 rings (SSSR count). The summed E-state index contributed by atoms with van der Waals surface area (Å²) >= 11 is 0. The van der Waals surface area contributed by atoms with Gasteiger partial charge in [-0.2, -0.15) is 0 Å². The van der Waals surface area contributed by atoms with E-state index in [0.717, 1.165) is 109 Å². The van der Waals surface area contributed by atoms with Gasteiger partial charge in [0.05, 0.1) is 40.3 Å². The summed E-state index contributed by atoms with van der Waals surface area (Å²) in [6.45, 7) is 4.55. The van der Waals surface area contributed by atoms with E-state index >= 15 is 0 Å². The number of nitrogens with zero attached hydrogens (tertiary/aromatic N) is 1. The molecule has 0 aromatic heterocycles. The van der Waals surface area contributed by atoms with E-state index in [2.05, 4.69) is 148 Å². The zero-order chi connectivity index (χ0) is 56.2. The van der Waals surface area contributed by atoms with E-state index in [1.165, 1.54) is 77.0 Å². The van der Waals surface area contributed by atoms with E-state index in [9.17, 15) is 19.5 Å². The molecule has 0 spiro atoms. The Morgan fingerprint density at radius 2 is 0.740 bits per heavy atom. The maximum atomic E-state index is 12.9. The lowest BCUT2D eigenvalue weighted by Crippen LogP contribution is -2.44. The lowest BCUT2D eigenvalue weighted by molar-refractivity contribution is -0.870. The van der Waals surface area contributed by atoms with Gasteiger partial charge >= 0.3 is 11.9 Å². The molecule has 0 aliphatic heterocycles. The highest BCUT2D eigenvalue weighted by molar-refractivity contribution is 5.70. The van der Waals surface area contributed by atoms with Crippen LogP contribution < -0.4 is 5.11 Å². The quantitative estimate of drug-likeness (QED) is 0.0195. The maximum Gasteiger partial charge on any atom is 0.306 e. The Balaban J connectivity index is 4.37. The SMILES string of the molecule is CC/C=C\C/C=C\C/C=C\C/C=C\C/C=C\C/C=C\C/C=C\C/C=C\CCCCC(=O)OC(COC(=O)CCCCCCCCCCCC/C=C\C/C=C\C/C=C\CCCCCCC)COC(OCC[N+](C)(C)C)C(=O)[O-]. The number of carbonyl (C=O) groups excluding carboxylic acids is 3. The third kappa shape index (κ3) is 58.9. The van der Waals surface area contributed by atoms with Crippen LogP contribution in [0.25, 0.3) is 0 Å². The van der Waals surface area contributed by atoms with Crippen LogP contribution >= 0.6 is 0 Å². The largest absolute Gasteiger partial charge is 0.545 e. The number of allylic oxidation sites excluding steroid dienone is 22. The van der Waals surface area contributed by atoms with Crippen LogP contribution in [-0.4, -0.2) is 82.3 Å². The molecule has 2 unspecified atom stereocenters. The third-order valence-corrected chi connectivity index (χ3v) is 12.4. The van der Waals surface area contributed by atoms with Crippen molar-refractivity contribution < 1.29 is 42.9 Å². The monoisotopic (exact) mass is 1070 g/mol. The predicted molar refractivity (Wildman–Crippen MR) is 324 cm³/mol. The van der Waals surface area contributed by atoms with E-state index in [0.29, 0.717) is 17.4 Å². The summed E-state index contributed by atoms with van der Waals surface area (Å²) in [6.07, 6.45) is 79.3. The van der Waals surface area contributed by atoms with Crippen molar-refractivity contribution in [1.82, 2.24) is 0 Å². The van der Waals surface area contributed by atoms with Crippen molar-refractivity contribution in [3.8, 4) is 0 Å². The summed E-state index contributed by atoms with van der Waals surface area (Å²) in [6, 6.07) is 0. The van der Waals surface area contributed by atoms with Crippen LogP contribution in [-0.2, 0) is 33.3 Å². The van der Waals surface area contributed by atoms with E-state index < -0.39 is 24.3 Å². The minimum atomic E-state index is -1.64. The molecule has 0 aromatic rings. The first kappa shape index (κ1) is 72.4. The zero-order valence-corrected chi connectivity index (χ0v) is 49.5. The summed E-state index contributed by atoms with van der Waals surface area (Å²) in [4.78, 5) is 37.3. The fourth-order valence-corrected chi connectivity index (χ4v) is 7.73. The second-order valence-electron chi connectivity index (χ2n) is 20.9. The normalized spacial score (nSPS) is 13.7. The van der Waals surface area contributed by atoms with Gasteiger partial charge in [0.2, 0.25) is 0 Å². The zero-order valence-electron chi connectivity index (χ0n) is 49.5. The van der Waals surface area contributed by atoms with Crippen LogP contribution in [0.3, 0.4) is 0 Å². The fraction of sp³-hybridized carbons (Fsp3) is 0.632. The number of esters is 2. The number of aliphatic carboxylic acids is 1. The van der Waals surface area contributed by atoms with Gasteiger partial charge in [0.15, 0.2) is 12.4 Å². The highest BCUT2D eigenvalue weighted by atomic mass is 16.7. The average Bonchev–Trinajstić information content (AvgIpc) is 3.40. The second-order valence-corrected chi connectivity index (χ2v) is 20.9. The van der Waals surface area contributed by atoms with Gasteiger partial charge in [0.1, 0.15) is 13.2 Å². The van der Waals surface area contributed by atoms with E-state index in [1.807, 2.05) is 21.1 Å². The first-order valence-electron chi connectivity index (χ1n) is 30.3. The Morgan fingerprint density at radius 1 is 0.403 bits per heavy atom. The summed E-state index contributed by atoms with van der Waals surface area (Å²) in [5, 5.41) is 11.8. The van der Waals surface area contributed by atoms with E-state index in [4.69, 9.17) is 18.9 Å². The molecule has 2 atom stereocenters. The molecular weight excluding hydrogens is 959 g/mol. The van der Waals surface area contributed by atoms with Crippen molar-refractivity contribution in [3.05, 3.63) is 134 Å². The highest BCUT2D eigenvalue weighted by Gasteiger charge is 2.22. The lowest BCUT2D eigenvalue weighted by atomic mass is 10.1. The molecule has 0 bridgehead atoms. The Kier molecular flexibility index (Phi) is 54.2. The van der Waals surface area contributed by atoms with Crippen LogP contribution in [0.5, 0.6) is 0 Å². The molecule has 9 nitrogen and oxygen atoms in total. The number of carboxylic acid groups (broad SMARTS) is 1. The number of quaternary nitrogens is 1. The molecule has 436 valence electrons. The Morgan fingerprint density at radius 3 is 1.13 bits per heavy atom. The van der Waals surface area contributed by atoms with Crippen molar-refractivity contribution >= 4 is 17.9 Å². The van der Waals surface area contributed by atoms with Crippen LogP contribution in [0.2, 0.25) is 0 Å². The number of carbonyl (C=O) groups is 3. The molecule has 0 radical (unpaired) electrons. The van der Waals surface area contributed by atoms with Gasteiger partial charge in [-0.05, 0) is 116 Å². The second kappa shape index (κ2) is 57.6. The minimum Gasteiger partial charge on any atom is -0.545 e. The number of rotatable bonds is 54. The van der Waals surface area contributed by atoms with Crippen molar-refractivity contribution in [3.63, 3.8) is 0 Å². The number of hydrogen-bond donors (Lipinski definition) is 0. The fourth-order valence-electron chi connectivity index (χ4n) is 7.73. The third-order valence-electron chi connectivity index (χ3n) is 12.4. The van der Waals surface area contributed by atoms with Crippen molar-refractivity contribution in [2.45, 2.75) is 232 Å². The predicted octanol–water partition coefficient (Wildman–Crippen LogP) is 16.9. The first-order chi connectivity index (χ1) is 37.6. The van der Waals surface area contributed by atoms with E-state index in [1.54, 1.807) is 0 Å². The van der Waals surface area contributed by atoms with Crippen LogP contribution in [0.15, 0.2) is 134 Å². The van der Waals surface area contributed by atoms with Gasteiger partial charge in [-0.1, -0.05) is 225 Å². The molecule has 9 heteroatoms. The van der Waals surface area contributed by atoms with Gasteiger partial charge < -0.3 is 33.3 Å². The van der Waals surface area contributed by atoms with Gasteiger partial charge in [0.25, 0.3) is 0 Å². The molecule has 0 amide bonds. The Hall–Kier alpha value is -4.57. The maximum absolute atomic E-state index is 12.9. The van der Waals surface area contributed by atoms with Crippen LogP contribution in [0.1, 0.15) is 219 Å². The van der Waals surface area contributed by atoms with Gasteiger partial charge in [-0.25, -0.2) is 0 Å². The number of likely N-dealkylation sites (N-methyl/N-ethyl adjacent to an activating group) is 1. The van der Waals surface area contributed by atoms with Crippen LogP contribution in [0.4, 0.5) is 0 Å². The highest BCUT2D eigenvalue weighted by Crippen LogP contribution is 2.14. The molecule has 0 saturated heterocycles. The molecular formula is C68H111NO8. The summed E-state index contributed by atoms with van der Waals surface area (Å²) in [5.74, 6) is -2.36. The van der Waals surface area contributed by atoms with Crippen molar-refractivity contribution in [1.29, 1.82) is 0 Å². The molecule has 0 N–H and O–H groups in total. The standard InChI is InChI=1S/C68H111NO8/c1-6-8-10-12-14-16-18-20-22-24-26-28-30-32-33-35-37-39-41-43-45-47-49-51-53-55-57-59-66(71)77-64(63-76-68(67(72)73)74-61-60-69(3,4)5)62-75-65(70)58-56-54-52-50-48-46-44-42-40-38-36-34-31-29-27-25-23-21-19-17-15-13-11-9-7-2/h8,10,14,16,19-22,25-28,31-34,37,39,43,45,49,51,64,68H,6-7,9,11-13,15,17-18,23-24,29-30,35-36,38,40-42,44,46-48,50,52-63H2,1-5H3/b10-8-,16-14-,21-19-,22-20-,27-25-,28-26-,33-32-,34-31-,39-37-,45-43-,51-49-. The van der Waals surface area contributed by atoms with E-state index in [-0.39, 0.29) is 38.6 Å². The minimum absolute atomic E-state index is 0.130. The lowest BCUT2D eigenvalue weighted by Gasteiger charge is -2.26. The van der Waals surface area contributed by atoms with Crippen LogP contribution in [0, 0.1) is 0 Å². The van der Waals surface area contributed by atoms with Gasteiger partial charge in [0, 0.05) is 12.8 Å². The number of unbranched alkanes of at least 4 members (excludes halogenated alkanes) is 17. The first-order valence-corrected chi connectivity index (χ1v) is 30.3. The molecule has 0 saturated carbocycles. The molecule has 0 heterocycles. The smallest absolute Gasteiger partial charge is 0.306 e. The van der Waals surface area contributed by atoms with Crippen molar-refractivity contribution in [2.75, 3.05) is 47.5 Å². The summed E-state index contributed by atoms with van der Waals surface area (Å²) in [5.41, 5.74) is 0. The molecule has 0 aromatic carbocycles. The average molecular weight is 1070 g/mol. The topological polar surface area (TPSA) is 111 Å². The molecule has 0 fully saturated rings. The molecule has 0 aliphatic carbocycles. The molecule has 77 heavy (non-hydrogen) atoms. The summed E-state index contributed by atoms with van der Waals surface area (Å²) in [7, 11) is 5.90.